The standard InChI is InChI=1S/C10H18N2O3/c1-10(2,3-4-13)12-9(15)7-5-8(14)11-6-7/h7,13H,3-6H2,1-2H3,(H,11,14)(H,12,15). The van der Waals surface area contributed by atoms with Crippen molar-refractivity contribution in [1.82, 2.24) is 10.6 Å². The third kappa shape index (κ3) is 3.51. The number of carbonyl (C=O) groups is 2. The van der Waals surface area contributed by atoms with Crippen LogP contribution in [-0.4, -0.2) is 35.6 Å². The van der Waals surface area contributed by atoms with E-state index in [2.05, 4.69) is 10.6 Å². The summed E-state index contributed by atoms with van der Waals surface area (Å²) < 4.78 is 0. The van der Waals surface area contributed by atoms with E-state index in [0.717, 1.165) is 0 Å². The molecule has 0 spiro atoms. The topological polar surface area (TPSA) is 78.4 Å². The van der Waals surface area contributed by atoms with Gasteiger partial charge >= 0.3 is 0 Å². The zero-order valence-corrected chi connectivity index (χ0v) is 9.17. The molecule has 86 valence electrons. The first-order valence-electron chi connectivity index (χ1n) is 5.14. The Balaban J connectivity index is 2.44. The number of hydrogen-bond donors (Lipinski definition) is 3. The summed E-state index contributed by atoms with van der Waals surface area (Å²) in [5.74, 6) is -0.461. The number of aliphatic hydroxyl groups is 1. The van der Waals surface area contributed by atoms with Gasteiger partial charge in [-0.05, 0) is 20.3 Å². The number of amides is 2. The van der Waals surface area contributed by atoms with Gasteiger partial charge in [-0.3, -0.25) is 9.59 Å². The molecule has 1 rings (SSSR count). The lowest BCUT2D eigenvalue weighted by atomic mass is 9.99. The highest BCUT2D eigenvalue weighted by Crippen LogP contribution is 2.13. The maximum atomic E-state index is 11.7. The number of rotatable bonds is 4. The molecular formula is C10H18N2O3. The van der Waals surface area contributed by atoms with Crippen molar-refractivity contribution in [3.05, 3.63) is 0 Å². The van der Waals surface area contributed by atoms with Crippen molar-refractivity contribution in [1.29, 1.82) is 0 Å². The molecule has 0 aliphatic carbocycles. The molecule has 1 heterocycles. The van der Waals surface area contributed by atoms with E-state index in [4.69, 9.17) is 5.11 Å². The largest absolute Gasteiger partial charge is 0.396 e. The summed E-state index contributed by atoms with van der Waals surface area (Å²) in [6.45, 7) is 4.16. The van der Waals surface area contributed by atoms with Gasteiger partial charge in [0, 0.05) is 25.1 Å². The Morgan fingerprint density at radius 2 is 2.33 bits per heavy atom. The first-order valence-corrected chi connectivity index (χ1v) is 5.14. The molecule has 1 aliphatic rings. The van der Waals surface area contributed by atoms with Crippen molar-refractivity contribution in [2.75, 3.05) is 13.2 Å². The molecule has 5 nitrogen and oxygen atoms in total. The Morgan fingerprint density at radius 3 is 2.80 bits per heavy atom. The second kappa shape index (κ2) is 4.61. The van der Waals surface area contributed by atoms with E-state index >= 15 is 0 Å². The smallest absolute Gasteiger partial charge is 0.225 e. The van der Waals surface area contributed by atoms with Crippen LogP contribution in [0.15, 0.2) is 0 Å². The van der Waals surface area contributed by atoms with Crippen LogP contribution in [0.1, 0.15) is 26.7 Å². The highest BCUT2D eigenvalue weighted by molar-refractivity contribution is 5.89. The molecule has 0 aromatic heterocycles. The predicted octanol–water partition coefficient (Wildman–Crippen LogP) is -0.600. The van der Waals surface area contributed by atoms with Gasteiger partial charge in [-0.2, -0.15) is 0 Å². The normalized spacial score (nSPS) is 21.3. The molecule has 0 radical (unpaired) electrons. The fraction of sp³-hybridized carbons (Fsp3) is 0.800. The quantitative estimate of drug-likeness (QED) is 0.584. The monoisotopic (exact) mass is 214 g/mol. The summed E-state index contributed by atoms with van der Waals surface area (Å²) in [6, 6.07) is 0. The summed E-state index contributed by atoms with van der Waals surface area (Å²) >= 11 is 0. The number of hydrogen-bond acceptors (Lipinski definition) is 3. The van der Waals surface area contributed by atoms with Crippen LogP contribution in [0, 0.1) is 5.92 Å². The zero-order chi connectivity index (χ0) is 11.5. The van der Waals surface area contributed by atoms with Gasteiger partial charge in [0.2, 0.25) is 11.8 Å². The van der Waals surface area contributed by atoms with Crippen molar-refractivity contribution in [2.45, 2.75) is 32.2 Å². The van der Waals surface area contributed by atoms with Crippen molar-refractivity contribution in [3.8, 4) is 0 Å². The highest BCUT2D eigenvalue weighted by atomic mass is 16.3. The maximum absolute atomic E-state index is 11.7. The zero-order valence-electron chi connectivity index (χ0n) is 9.17. The molecule has 1 aliphatic heterocycles. The van der Waals surface area contributed by atoms with Gasteiger partial charge in [-0.1, -0.05) is 0 Å². The summed E-state index contributed by atoms with van der Waals surface area (Å²) in [4.78, 5) is 22.6. The Labute approximate surface area is 89.2 Å². The Bertz CT molecular complexity index is 263. The minimum Gasteiger partial charge on any atom is -0.396 e. The summed E-state index contributed by atoms with van der Waals surface area (Å²) in [5, 5.41) is 14.3. The summed E-state index contributed by atoms with van der Waals surface area (Å²) in [5.41, 5.74) is -0.419. The third-order valence-corrected chi connectivity index (χ3v) is 2.55. The molecule has 1 unspecified atom stereocenters. The molecule has 1 atom stereocenters. The first kappa shape index (κ1) is 12.0. The fourth-order valence-electron chi connectivity index (χ4n) is 1.57. The first-order chi connectivity index (χ1) is 6.94. The van der Waals surface area contributed by atoms with Gasteiger partial charge in [0.05, 0.1) is 5.92 Å². The van der Waals surface area contributed by atoms with Crippen molar-refractivity contribution >= 4 is 11.8 Å². The second-order valence-corrected chi connectivity index (χ2v) is 4.55. The van der Waals surface area contributed by atoms with Crippen molar-refractivity contribution in [3.63, 3.8) is 0 Å². The molecular weight excluding hydrogens is 196 g/mol. The van der Waals surface area contributed by atoms with Gasteiger partial charge in [0.1, 0.15) is 0 Å². The molecule has 0 bridgehead atoms. The van der Waals surface area contributed by atoms with E-state index in [1.54, 1.807) is 0 Å². The molecule has 2 amide bonds. The molecule has 0 aromatic carbocycles. The minimum atomic E-state index is -0.419. The summed E-state index contributed by atoms with van der Waals surface area (Å²) in [7, 11) is 0. The molecule has 1 fully saturated rings. The predicted molar refractivity (Wildman–Crippen MR) is 55.0 cm³/mol. The molecule has 0 saturated carbocycles. The summed E-state index contributed by atoms with van der Waals surface area (Å²) in [6.07, 6.45) is 0.772. The molecule has 15 heavy (non-hydrogen) atoms. The second-order valence-electron chi connectivity index (χ2n) is 4.55. The Hall–Kier alpha value is -1.10. The van der Waals surface area contributed by atoms with E-state index in [1.807, 2.05) is 13.8 Å². The molecule has 5 heteroatoms. The number of carbonyl (C=O) groups excluding carboxylic acids is 2. The number of aliphatic hydroxyl groups excluding tert-OH is 1. The van der Waals surface area contributed by atoms with Crippen LogP contribution in [0.2, 0.25) is 0 Å². The lowest BCUT2D eigenvalue weighted by Crippen LogP contribution is -2.47. The Morgan fingerprint density at radius 1 is 1.67 bits per heavy atom. The van der Waals surface area contributed by atoms with E-state index < -0.39 is 5.54 Å². The lowest BCUT2D eigenvalue weighted by molar-refractivity contribution is -0.128. The average Bonchev–Trinajstić information content (AvgIpc) is 2.50. The van der Waals surface area contributed by atoms with Crippen LogP contribution in [0.5, 0.6) is 0 Å². The Kier molecular flexibility index (Phi) is 3.68. The van der Waals surface area contributed by atoms with E-state index in [9.17, 15) is 9.59 Å². The molecule has 3 N–H and O–H groups in total. The minimum absolute atomic E-state index is 0.0368. The van der Waals surface area contributed by atoms with E-state index in [-0.39, 0.29) is 30.8 Å². The van der Waals surface area contributed by atoms with Gasteiger partial charge < -0.3 is 15.7 Å². The highest BCUT2D eigenvalue weighted by Gasteiger charge is 2.30. The molecule has 1 saturated heterocycles. The van der Waals surface area contributed by atoms with Crippen molar-refractivity contribution in [2.24, 2.45) is 5.92 Å². The van der Waals surface area contributed by atoms with Crippen molar-refractivity contribution < 1.29 is 14.7 Å². The van der Waals surface area contributed by atoms with Crippen LogP contribution in [0.25, 0.3) is 0 Å². The van der Waals surface area contributed by atoms with Gasteiger partial charge in [-0.15, -0.1) is 0 Å². The van der Waals surface area contributed by atoms with E-state index in [0.29, 0.717) is 13.0 Å². The van der Waals surface area contributed by atoms with Crippen LogP contribution < -0.4 is 10.6 Å². The van der Waals surface area contributed by atoms with Crippen LogP contribution in [0.3, 0.4) is 0 Å². The molecule has 0 aromatic rings. The van der Waals surface area contributed by atoms with E-state index in [1.165, 1.54) is 0 Å². The SMILES string of the molecule is CC(C)(CCO)NC(=O)C1CNC(=O)C1. The van der Waals surface area contributed by atoms with Crippen LogP contribution >= 0.6 is 0 Å². The van der Waals surface area contributed by atoms with Gasteiger partial charge in [0.25, 0.3) is 0 Å². The van der Waals surface area contributed by atoms with Crippen LogP contribution in [0.4, 0.5) is 0 Å². The number of nitrogens with one attached hydrogen (secondary N) is 2. The lowest BCUT2D eigenvalue weighted by Gasteiger charge is -2.26. The van der Waals surface area contributed by atoms with Gasteiger partial charge in [0.15, 0.2) is 0 Å². The maximum Gasteiger partial charge on any atom is 0.225 e. The third-order valence-electron chi connectivity index (χ3n) is 2.55. The average molecular weight is 214 g/mol. The van der Waals surface area contributed by atoms with Crippen LogP contribution in [-0.2, 0) is 9.59 Å². The van der Waals surface area contributed by atoms with Gasteiger partial charge in [-0.25, -0.2) is 0 Å². The fourth-order valence-corrected chi connectivity index (χ4v) is 1.57.